The average molecular weight is 352 g/mol. The summed E-state index contributed by atoms with van der Waals surface area (Å²) in [5.41, 5.74) is -0.257. The van der Waals surface area contributed by atoms with Crippen molar-refractivity contribution in [3.63, 3.8) is 0 Å². The van der Waals surface area contributed by atoms with Crippen LogP contribution in [-0.4, -0.2) is 27.7 Å². The Hall–Kier alpha value is -0.630. The largest absolute Gasteiger partial charge is 0.492 e. The van der Waals surface area contributed by atoms with E-state index >= 15 is 0 Å². The van der Waals surface area contributed by atoms with E-state index in [0.29, 0.717) is 23.2 Å². The fourth-order valence-corrected chi connectivity index (χ4v) is 2.47. The predicted molar refractivity (Wildman–Crippen MR) is 76.7 cm³/mol. The Morgan fingerprint density at radius 2 is 2.00 bits per heavy atom. The van der Waals surface area contributed by atoms with Gasteiger partial charge in [0, 0.05) is 13.5 Å². The van der Waals surface area contributed by atoms with Crippen molar-refractivity contribution in [1.82, 2.24) is 0 Å². The van der Waals surface area contributed by atoms with Crippen LogP contribution in [0.3, 0.4) is 0 Å². The highest BCUT2D eigenvalue weighted by Gasteiger charge is 2.17. The van der Waals surface area contributed by atoms with Crippen LogP contribution in [0.25, 0.3) is 0 Å². The Balaban J connectivity index is 2.72. The maximum Gasteiger partial charge on any atom is 0.238 e. The molecular weight excluding hydrogens is 334 g/mol. The second kappa shape index (κ2) is 6.21. The number of halogens is 1. The Bertz CT molecular complexity index is 543. The van der Waals surface area contributed by atoms with E-state index in [1.54, 1.807) is 13.2 Å². The van der Waals surface area contributed by atoms with Gasteiger partial charge in [-0.3, -0.25) is 0 Å². The van der Waals surface area contributed by atoms with Gasteiger partial charge in [0.2, 0.25) is 10.0 Å². The molecule has 0 atom stereocenters. The van der Waals surface area contributed by atoms with Gasteiger partial charge >= 0.3 is 0 Å². The molecule has 0 bridgehead atoms. The summed E-state index contributed by atoms with van der Waals surface area (Å²) >= 11 is 3.26. The molecule has 0 aliphatic rings. The van der Waals surface area contributed by atoms with E-state index in [4.69, 9.17) is 14.6 Å². The van der Waals surface area contributed by atoms with Crippen LogP contribution in [-0.2, 0) is 14.8 Å². The summed E-state index contributed by atoms with van der Waals surface area (Å²) in [5, 5.41) is 5.05. The molecule has 0 saturated heterocycles. The summed E-state index contributed by atoms with van der Waals surface area (Å²) in [6.45, 7) is 4.40. The van der Waals surface area contributed by atoms with Gasteiger partial charge in [-0.25, -0.2) is 13.6 Å². The van der Waals surface area contributed by atoms with E-state index in [2.05, 4.69) is 15.9 Å². The number of sulfonamides is 1. The highest BCUT2D eigenvalue weighted by atomic mass is 79.9. The quantitative estimate of drug-likeness (QED) is 0.852. The van der Waals surface area contributed by atoms with Crippen molar-refractivity contribution in [2.24, 2.45) is 5.14 Å². The molecule has 5 nitrogen and oxygen atoms in total. The zero-order chi connectivity index (χ0) is 14.7. The molecule has 0 aliphatic carbocycles. The van der Waals surface area contributed by atoms with Crippen molar-refractivity contribution in [3.05, 3.63) is 22.7 Å². The summed E-state index contributed by atoms with van der Waals surface area (Å²) < 4.78 is 33.8. The predicted octanol–water partition coefficient (Wildman–Crippen LogP) is 2.29. The van der Waals surface area contributed by atoms with E-state index < -0.39 is 10.0 Å². The molecule has 0 amide bonds. The molecule has 1 rings (SSSR count). The first-order valence-corrected chi connectivity index (χ1v) is 8.00. The lowest BCUT2D eigenvalue weighted by Gasteiger charge is -2.22. The van der Waals surface area contributed by atoms with Crippen LogP contribution in [0.4, 0.5) is 0 Å². The van der Waals surface area contributed by atoms with Crippen LogP contribution >= 0.6 is 15.9 Å². The molecule has 7 heteroatoms. The first kappa shape index (κ1) is 16.4. The number of primary sulfonamides is 1. The lowest BCUT2D eigenvalue weighted by Crippen LogP contribution is -2.25. The normalized spacial score (nSPS) is 12.5. The van der Waals surface area contributed by atoms with Gasteiger partial charge in [-0.2, -0.15) is 0 Å². The van der Waals surface area contributed by atoms with Gasteiger partial charge in [0.25, 0.3) is 0 Å². The minimum absolute atomic E-state index is 0.0453. The van der Waals surface area contributed by atoms with E-state index in [1.807, 2.05) is 13.8 Å². The van der Waals surface area contributed by atoms with E-state index in [-0.39, 0.29) is 10.5 Å². The molecule has 2 N–H and O–H groups in total. The first-order valence-electron chi connectivity index (χ1n) is 5.66. The molecule has 0 saturated carbocycles. The zero-order valence-electron chi connectivity index (χ0n) is 11.1. The van der Waals surface area contributed by atoms with Gasteiger partial charge in [0.05, 0.1) is 21.6 Å². The number of methoxy groups -OCH3 is 1. The van der Waals surface area contributed by atoms with Crippen molar-refractivity contribution >= 4 is 26.0 Å². The Kier molecular flexibility index (Phi) is 5.37. The molecular formula is C12H18BrNO4S. The Labute approximate surface area is 122 Å². The van der Waals surface area contributed by atoms with Gasteiger partial charge in [0.15, 0.2) is 0 Å². The number of benzene rings is 1. The molecule has 0 heterocycles. The standard InChI is InChI=1S/C12H18BrNO4S/c1-12(2,17-3)6-7-18-11-5-4-9(8-10(11)13)19(14,15)16/h4-5,8H,6-7H2,1-3H3,(H2,14,15,16). The average Bonchev–Trinajstić information content (AvgIpc) is 2.30. The smallest absolute Gasteiger partial charge is 0.238 e. The van der Waals surface area contributed by atoms with Crippen molar-refractivity contribution < 1.29 is 17.9 Å². The van der Waals surface area contributed by atoms with Gasteiger partial charge in [-0.1, -0.05) is 0 Å². The molecule has 1 aromatic carbocycles. The monoisotopic (exact) mass is 351 g/mol. The number of hydrogen-bond donors (Lipinski definition) is 1. The highest BCUT2D eigenvalue weighted by molar-refractivity contribution is 9.10. The summed E-state index contributed by atoms with van der Waals surface area (Å²) in [5.74, 6) is 0.569. The van der Waals surface area contributed by atoms with Crippen molar-refractivity contribution in [2.45, 2.75) is 30.8 Å². The number of hydrogen-bond acceptors (Lipinski definition) is 4. The summed E-state index contributed by atoms with van der Waals surface area (Å²) in [7, 11) is -2.05. The Morgan fingerprint density at radius 3 is 2.47 bits per heavy atom. The number of nitrogens with two attached hydrogens (primary N) is 1. The minimum Gasteiger partial charge on any atom is -0.492 e. The molecule has 0 spiro atoms. The second-order valence-electron chi connectivity index (χ2n) is 4.70. The molecule has 0 aliphatic heterocycles. The second-order valence-corrected chi connectivity index (χ2v) is 7.12. The minimum atomic E-state index is -3.70. The molecule has 0 fully saturated rings. The summed E-state index contributed by atoms with van der Waals surface area (Å²) in [4.78, 5) is 0.0453. The molecule has 0 radical (unpaired) electrons. The lowest BCUT2D eigenvalue weighted by atomic mass is 10.1. The van der Waals surface area contributed by atoms with Crippen molar-refractivity contribution in [1.29, 1.82) is 0 Å². The fraction of sp³-hybridized carbons (Fsp3) is 0.500. The molecule has 0 aromatic heterocycles. The van der Waals surface area contributed by atoms with Gasteiger partial charge in [-0.15, -0.1) is 0 Å². The SMILES string of the molecule is COC(C)(C)CCOc1ccc(S(N)(=O)=O)cc1Br. The summed E-state index contributed by atoms with van der Waals surface area (Å²) in [6.07, 6.45) is 0.715. The van der Waals surface area contributed by atoms with Crippen molar-refractivity contribution in [2.75, 3.05) is 13.7 Å². The zero-order valence-corrected chi connectivity index (χ0v) is 13.5. The summed E-state index contributed by atoms with van der Waals surface area (Å²) in [6, 6.07) is 4.41. The van der Waals surface area contributed by atoms with Gasteiger partial charge < -0.3 is 9.47 Å². The van der Waals surface area contributed by atoms with Crippen molar-refractivity contribution in [3.8, 4) is 5.75 Å². The highest BCUT2D eigenvalue weighted by Crippen LogP contribution is 2.28. The first-order chi connectivity index (χ1) is 8.65. The third-order valence-electron chi connectivity index (χ3n) is 2.75. The Morgan fingerprint density at radius 1 is 1.37 bits per heavy atom. The van der Waals surface area contributed by atoms with Crippen LogP contribution in [0, 0.1) is 0 Å². The van der Waals surface area contributed by atoms with E-state index in [1.165, 1.54) is 12.1 Å². The van der Waals surface area contributed by atoms with Crippen LogP contribution in [0.5, 0.6) is 5.75 Å². The van der Waals surface area contributed by atoms with Crippen LogP contribution in [0.1, 0.15) is 20.3 Å². The molecule has 1 aromatic rings. The number of rotatable bonds is 6. The van der Waals surface area contributed by atoms with Crippen LogP contribution in [0.2, 0.25) is 0 Å². The van der Waals surface area contributed by atoms with Crippen LogP contribution in [0.15, 0.2) is 27.6 Å². The van der Waals surface area contributed by atoms with E-state index in [0.717, 1.165) is 0 Å². The molecule has 19 heavy (non-hydrogen) atoms. The number of ether oxygens (including phenoxy) is 2. The maximum absolute atomic E-state index is 11.2. The van der Waals surface area contributed by atoms with E-state index in [9.17, 15) is 8.42 Å². The third kappa shape index (κ3) is 5.10. The maximum atomic E-state index is 11.2. The molecule has 0 unspecified atom stereocenters. The fourth-order valence-electron chi connectivity index (χ4n) is 1.28. The van der Waals surface area contributed by atoms with Gasteiger partial charge in [0.1, 0.15) is 5.75 Å². The topological polar surface area (TPSA) is 78.6 Å². The molecule has 108 valence electrons. The third-order valence-corrected chi connectivity index (χ3v) is 4.28. The van der Waals surface area contributed by atoms with Crippen LogP contribution < -0.4 is 9.88 Å². The van der Waals surface area contributed by atoms with Gasteiger partial charge in [-0.05, 0) is 48.0 Å². The lowest BCUT2D eigenvalue weighted by molar-refractivity contribution is 0.00539.